The number of hydrogen-bond acceptors (Lipinski definition) is 8. The molecule has 2 atom stereocenters. The number of aromatic nitrogens is 3. The van der Waals surface area contributed by atoms with Crippen LogP contribution in [0.1, 0.15) is 23.1 Å². The number of hydrogen-bond donors (Lipinski definition) is 0. The minimum Gasteiger partial charge on any atom is -0.375 e. The van der Waals surface area contributed by atoms with Crippen LogP contribution < -0.4 is 0 Å². The number of ether oxygens (including phenoxy) is 1. The highest BCUT2D eigenvalue weighted by Gasteiger charge is 2.33. The minimum atomic E-state index is -0.776. The molecule has 0 bridgehead atoms. The van der Waals surface area contributed by atoms with Gasteiger partial charge in [0.25, 0.3) is 5.89 Å². The van der Waals surface area contributed by atoms with Crippen LogP contribution in [0.15, 0.2) is 16.1 Å². The number of alkyl halides is 1. The van der Waals surface area contributed by atoms with Gasteiger partial charge in [0, 0.05) is 37.8 Å². The number of rotatable bonds is 8. The van der Waals surface area contributed by atoms with Crippen LogP contribution in [0.4, 0.5) is 4.39 Å². The first-order valence-electron chi connectivity index (χ1n) is 7.89. The van der Waals surface area contributed by atoms with Crippen molar-refractivity contribution in [2.45, 2.75) is 38.3 Å². The highest BCUT2D eigenvalue weighted by molar-refractivity contribution is 7.09. The van der Waals surface area contributed by atoms with Crippen LogP contribution in [0.5, 0.6) is 0 Å². The van der Waals surface area contributed by atoms with Gasteiger partial charge in [-0.3, -0.25) is 9.80 Å². The number of halogens is 1. The summed E-state index contributed by atoms with van der Waals surface area (Å²) >= 11 is 1.61. The summed E-state index contributed by atoms with van der Waals surface area (Å²) in [5.74, 6) is 1.09. The Bertz CT molecular complexity index is 623. The van der Waals surface area contributed by atoms with Crippen molar-refractivity contribution in [3.05, 3.63) is 28.3 Å². The van der Waals surface area contributed by atoms with Crippen molar-refractivity contribution in [3.8, 4) is 0 Å². The molecule has 24 heavy (non-hydrogen) atoms. The van der Waals surface area contributed by atoms with Gasteiger partial charge in [0.15, 0.2) is 5.82 Å². The fraction of sp³-hybridized carbons (Fsp3) is 0.667. The van der Waals surface area contributed by atoms with Gasteiger partial charge in [-0.15, -0.1) is 11.3 Å². The van der Waals surface area contributed by atoms with Crippen molar-refractivity contribution < 1.29 is 13.7 Å². The maximum Gasteiger partial charge on any atom is 0.252 e. The average Bonchev–Trinajstić information content (AvgIpc) is 3.24. The molecule has 0 radical (unpaired) electrons. The topological polar surface area (TPSA) is 67.5 Å². The van der Waals surface area contributed by atoms with Crippen LogP contribution in [0, 0.1) is 0 Å². The molecule has 132 valence electrons. The van der Waals surface area contributed by atoms with E-state index in [1.54, 1.807) is 24.6 Å². The lowest BCUT2D eigenvalue weighted by molar-refractivity contribution is 0.151. The molecule has 3 heterocycles. The Morgan fingerprint density at radius 1 is 1.54 bits per heavy atom. The lowest BCUT2D eigenvalue weighted by Gasteiger charge is -2.27. The van der Waals surface area contributed by atoms with E-state index in [9.17, 15) is 4.39 Å². The third-order valence-electron chi connectivity index (χ3n) is 4.01. The van der Waals surface area contributed by atoms with Crippen LogP contribution in [-0.2, 0) is 24.4 Å². The summed E-state index contributed by atoms with van der Waals surface area (Å²) in [6.07, 6.45) is 1.57. The van der Waals surface area contributed by atoms with E-state index in [1.165, 1.54) is 0 Å². The third kappa shape index (κ3) is 4.56. The lowest BCUT2D eigenvalue weighted by Crippen LogP contribution is -2.38. The van der Waals surface area contributed by atoms with Crippen molar-refractivity contribution in [1.29, 1.82) is 0 Å². The van der Waals surface area contributed by atoms with Crippen LogP contribution in [0.2, 0.25) is 0 Å². The molecule has 0 unspecified atom stereocenters. The Kier molecular flexibility index (Phi) is 5.88. The number of likely N-dealkylation sites (N-methyl/N-ethyl adjacent to an activating group) is 1. The van der Waals surface area contributed by atoms with Crippen LogP contribution in [-0.4, -0.2) is 64.4 Å². The molecule has 1 saturated heterocycles. The molecular weight excluding hydrogens is 333 g/mol. The Balaban J connectivity index is 1.54. The molecule has 1 aliphatic rings. The Labute approximate surface area is 144 Å². The second kappa shape index (κ2) is 8.11. The minimum absolute atomic E-state index is 0.166. The molecule has 3 rings (SSSR count). The van der Waals surface area contributed by atoms with Gasteiger partial charge in [0.2, 0.25) is 0 Å². The van der Waals surface area contributed by atoms with E-state index in [0.717, 1.165) is 11.6 Å². The molecule has 7 nitrogen and oxygen atoms in total. The van der Waals surface area contributed by atoms with Crippen LogP contribution >= 0.6 is 11.3 Å². The van der Waals surface area contributed by atoms with E-state index in [2.05, 4.69) is 24.9 Å². The summed E-state index contributed by atoms with van der Waals surface area (Å²) < 4.78 is 23.9. The Morgan fingerprint density at radius 2 is 2.42 bits per heavy atom. The van der Waals surface area contributed by atoms with Crippen molar-refractivity contribution in [2.24, 2.45) is 0 Å². The second-order valence-corrected chi connectivity index (χ2v) is 7.06. The van der Waals surface area contributed by atoms with E-state index < -0.39 is 6.17 Å². The predicted molar refractivity (Wildman–Crippen MR) is 87.2 cm³/mol. The quantitative estimate of drug-likeness (QED) is 0.714. The molecule has 1 fully saturated rings. The first-order chi connectivity index (χ1) is 11.6. The average molecular weight is 355 g/mol. The fourth-order valence-corrected chi connectivity index (χ4v) is 3.65. The molecule has 2 aromatic rings. The normalized spacial score (nSPS) is 21.8. The summed E-state index contributed by atoms with van der Waals surface area (Å²) in [7, 11) is 3.57. The van der Waals surface area contributed by atoms with Gasteiger partial charge in [0.05, 0.1) is 13.1 Å². The van der Waals surface area contributed by atoms with E-state index in [-0.39, 0.29) is 6.04 Å². The monoisotopic (exact) mass is 355 g/mol. The summed E-state index contributed by atoms with van der Waals surface area (Å²) in [5.41, 5.74) is 0. The van der Waals surface area contributed by atoms with E-state index >= 15 is 0 Å². The van der Waals surface area contributed by atoms with Crippen molar-refractivity contribution in [2.75, 3.05) is 27.2 Å². The SMILES string of the molecule is COCc1nc(CN(C)C[C@@H]2C[C@H](F)CN2Cc2nccs2)no1. The Morgan fingerprint density at radius 3 is 3.17 bits per heavy atom. The number of likely N-dealkylation sites (tertiary alicyclic amines) is 1. The van der Waals surface area contributed by atoms with Crippen molar-refractivity contribution >= 4 is 11.3 Å². The van der Waals surface area contributed by atoms with Gasteiger partial charge >= 0.3 is 0 Å². The van der Waals surface area contributed by atoms with Gasteiger partial charge in [-0.05, 0) is 13.5 Å². The fourth-order valence-electron chi connectivity index (χ4n) is 3.01. The standard InChI is InChI=1S/C15H22FN5O2S/c1-20(8-13-18-14(10-22-2)23-19-13)7-12-5-11(16)6-21(12)9-15-17-3-4-24-15/h3-4,11-12H,5-10H2,1-2H3/t11-,12-/m0/s1. The maximum absolute atomic E-state index is 13.9. The number of methoxy groups -OCH3 is 1. The van der Waals surface area contributed by atoms with Gasteiger partial charge in [-0.1, -0.05) is 5.16 Å². The van der Waals surface area contributed by atoms with E-state index in [0.29, 0.717) is 44.4 Å². The molecule has 0 aliphatic carbocycles. The molecule has 0 spiro atoms. The zero-order chi connectivity index (χ0) is 16.9. The first-order valence-corrected chi connectivity index (χ1v) is 8.77. The summed E-state index contributed by atoms with van der Waals surface area (Å²) in [4.78, 5) is 12.8. The summed E-state index contributed by atoms with van der Waals surface area (Å²) in [6.45, 7) is 2.80. The van der Waals surface area contributed by atoms with Crippen LogP contribution in [0.25, 0.3) is 0 Å². The summed E-state index contributed by atoms with van der Waals surface area (Å²) in [6, 6.07) is 0.166. The van der Waals surface area contributed by atoms with Gasteiger partial charge in [-0.25, -0.2) is 9.37 Å². The second-order valence-electron chi connectivity index (χ2n) is 6.08. The number of thiazole rings is 1. The van der Waals surface area contributed by atoms with Crippen LogP contribution in [0.3, 0.4) is 0 Å². The Hall–Kier alpha value is -1.42. The van der Waals surface area contributed by atoms with E-state index in [1.807, 2.05) is 12.4 Å². The highest BCUT2D eigenvalue weighted by Crippen LogP contribution is 2.24. The molecule has 2 aromatic heterocycles. The third-order valence-corrected chi connectivity index (χ3v) is 4.77. The van der Waals surface area contributed by atoms with Gasteiger partial charge in [0.1, 0.15) is 17.8 Å². The maximum atomic E-state index is 13.9. The molecule has 1 aliphatic heterocycles. The zero-order valence-corrected chi connectivity index (χ0v) is 14.7. The van der Waals surface area contributed by atoms with Crippen molar-refractivity contribution in [1.82, 2.24) is 24.9 Å². The zero-order valence-electron chi connectivity index (χ0n) is 13.9. The first kappa shape index (κ1) is 17.4. The number of nitrogens with zero attached hydrogens (tertiary/aromatic N) is 5. The predicted octanol–water partition coefficient (Wildman–Crippen LogP) is 1.72. The van der Waals surface area contributed by atoms with Gasteiger partial charge in [-0.2, -0.15) is 4.98 Å². The molecule has 0 aromatic carbocycles. The molecular formula is C15H22FN5O2S. The largest absolute Gasteiger partial charge is 0.375 e. The summed E-state index contributed by atoms with van der Waals surface area (Å²) in [5, 5.41) is 6.92. The van der Waals surface area contributed by atoms with E-state index in [4.69, 9.17) is 9.26 Å². The molecule has 0 saturated carbocycles. The van der Waals surface area contributed by atoms with Crippen molar-refractivity contribution in [3.63, 3.8) is 0 Å². The highest BCUT2D eigenvalue weighted by atomic mass is 32.1. The molecule has 0 amide bonds. The smallest absolute Gasteiger partial charge is 0.252 e. The molecule has 9 heteroatoms. The lowest BCUT2D eigenvalue weighted by atomic mass is 10.2. The molecule has 0 N–H and O–H groups in total. The van der Waals surface area contributed by atoms with Gasteiger partial charge < -0.3 is 9.26 Å².